The van der Waals surface area contributed by atoms with E-state index in [4.69, 9.17) is 10.5 Å². The fourth-order valence-corrected chi connectivity index (χ4v) is 2.90. The largest absolute Gasteiger partial charge is 0.493 e. The van der Waals surface area contributed by atoms with Crippen LogP contribution in [-0.2, 0) is 11.2 Å². The highest BCUT2D eigenvalue weighted by Gasteiger charge is 2.28. The van der Waals surface area contributed by atoms with E-state index >= 15 is 0 Å². The third-order valence-electron chi connectivity index (χ3n) is 4.05. The van der Waals surface area contributed by atoms with E-state index in [1.54, 1.807) is 11.0 Å². The van der Waals surface area contributed by atoms with Gasteiger partial charge in [-0.3, -0.25) is 9.59 Å². The molecule has 2 heterocycles. The molecule has 5 heteroatoms. The molecule has 106 valence electrons. The fraction of sp³-hybridized carbons (Fsp3) is 0.467. The molecule has 1 atom stereocenters. The van der Waals surface area contributed by atoms with Gasteiger partial charge in [-0.15, -0.1) is 0 Å². The quantitative estimate of drug-likeness (QED) is 0.873. The van der Waals surface area contributed by atoms with Crippen LogP contribution in [0.25, 0.3) is 0 Å². The van der Waals surface area contributed by atoms with E-state index in [1.807, 2.05) is 12.1 Å². The molecule has 2 N–H and O–H groups in total. The number of hydrogen-bond donors (Lipinski definition) is 1. The summed E-state index contributed by atoms with van der Waals surface area (Å²) in [6.07, 6.45) is 2.45. The van der Waals surface area contributed by atoms with Crippen LogP contribution in [-0.4, -0.2) is 36.4 Å². The number of nitrogens with two attached hydrogens (primary N) is 1. The summed E-state index contributed by atoms with van der Waals surface area (Å²) >= 11 is 0. The monoisotopic (exact) mass is 274 g/mol. The number of piperidine rings is 1. The van der Waals surface area contributed by atoms with Gasteiger partial charge in [-0.2, -0.15) is 0 Å². The van der Waals surface area contributed by atoms with Crippen LogP contribution in [0.3, 0.4) is 0 Å². The summed E-state index contributed by atoms with van der Waals surface area (Å²) < 4.78 is 5.44. The van der Waals surface area contributed by atoms with Crippen LogP contribution in [0.15, 0.2) is 18.2 Å². The van der Waals surface area contributed by atoms with Crippen molar-refractivity contribution in [2.45, 2.75) is 19.3 Å². The van der Waals surface area contributed by atoms with Crippen molar-refractivity contribution in [3.05, 3.63) is 29.3 Å². The Morgan fingerprint density at radius 2 is 2.20 bits per heavy atom. The van der Waals surface area contributed by atoms with Crippen molar-refractivity contribution in [1.82, 2.24) is 4.90 Å². The van der Waals surface area contributed by atoms with E-state index in [1.165, 1.54) is 0 Å². The molecule has 0 aliphatic carbocycles. The summed E-state index contributed by atoms with van der Waals surface area (Å²) in [6, 6.07) is 5.55. The normalized spacial score (nSPS) is 21.2. The summed E-state index contributed by atoms with van der Waals surface area (Å²) in [5.41, 5.74) is 7.10. The van der Waals surface area contributed by atoms with Gasteiger partial charge in [0.15, 0.2) is 0 Å². The fourth-order valence-electron chi connectivity index (χ4n) is 2.90. The van der Waals surface area contributed by atoms with Crippen LogP contribution in [0.2, 0.25) is 0 Å². The Bertz CT molecular complexity index is 556. The molecule has 1 aromatic carbocycles. The second kappa shape index (κ2) is 5.15. The SMILES string of the molecule is NC(=O)C1CCCN(C(=O)c2ccc3c(c2)CCO3)C1. The molecule has 2 aliphatic rings. The Balaban J connectivity index is 1.76. The Hall–Kier alpha value is -2.04. The van der Waals surface area contributed by atoms with E-state index in [0.29, 0.717) is 25.3 Å². The van der Waals surface area contributed by atoms with Crippen molar-refractivity contribution in [2.75, 3.05) is 19.7 Å². The summed E-state index contributed by atoms with van der Waals surface area (Å²) in [5, 5.41) is 0. The second-order valence-electron chi connectivity index (χ2n) is 5.41. The van der Waals surface area contributed by atoms with Gasteiger partial charge < -0.3 is 15.4 Å². The Morgan fingerprint density at radius 1 is 1.35 bits per heavy atom. The molecule has 1 saturated heterocycles. The first-order valence-electron chi connectivity index (χ1n) is 6.99. The van der Waals surface area contributed by atoms with Gasteiger partial charge in [-0.05, 0) is 36.6 Å². The van der Waals surface area contributed by atoms with E-state index < -0.39 is 0 Å². The van der Waals surface area contributed by atoms with Crippen molar-refractivity contribution in [1.29, 1.82) is 0 Å². The Kier molecular flexibility index (Phi) is 3.34. The average molecular weight is 274 g/mol. The Morgan fingerprint density at radius 3 is 3.00 bits per heavy atom. The first kappa shape index (κ1) is 13.0. The predicted octanol–water partition coefficient (Wildman–Crippen LogP) is 0.959. The average Bonchev–Trinajstić information content (AvgIpc) is 2.94. The molecule has 0 bridgehead atoms. The summed E-state index contributed by atoms with van der Waals surface area (Å²) in [5.74, 6) is 0.316. The number of rotatable bonds is 2. The highest BCUT2D eigenvalue weighted by atomic mass is 16.5. The Labute approximate surface area is 117 Å². The lowest BCUT2D eigenvalue weighted by atomic mass is 9.96. The van der Waals surface area contributed by atoms with Crippen molar-refractivity contribution in [3.63, 3.8) is 0 Å². The molecule has 0 saturated carbocycles. The number of ether oxygens (including phenoxy) is 1. The third-order valence-corrected chi connectivity index (χ3v) is 4.05. The van der Waals surface area contributed by atoms with Crippen LogP contribution in [0.4, 0.5) is 0 Å². The van der Waals surface area contributed by atoms with Gasteiger partial charge in [0.1, 0.15) is 5.75 Å². The van der Waals surface area contributed by atoms with Gasteiger partial charge in [0.25, 0.3) is 5.91 Å². The number of likely N-dealkylation sites (tertiary alicyclic amines) is 1. The maximum absolute atomic E-state index is 12.5. The number of amides is 2. The van der Waals surface area contributed by atoms with Crippen molar-refractivity contribution >= 4 is 11.8 Å². The minimum absolute atomic E-state index is 0.0225. The van der Waals surface area contributed by atoms with E-state index in [9.17, 15) is 9.59 Å². The number of carbonyl (C=O) groups excluding carboxylic acids is 2. The number of primary amides is 1. The van der Waals surface area contributed by atoms with Gasteiger partial charge in [-0.25, -0.2) is 0 Å². The third kappa shape index (κ3) is 2.35. The van der Waals surface area contributed by atoms with Crippen LogP contribution in [0, 0.1) is 5.92 Å². The van der Waals surface area contributed by atoms with Crippen molar-refractivity contribution in [3.8, 4) is 5.75 Å². The molecule has 2 aliphatic heterocycles. The van der Waals surface area contributed by atoms with Crippen LogP contribution >= 0.6 is 0 Å². The first-order chi connectivity index (χ1) is 9.65. The number of nitrogens with zero attached hydrogens (tertiary/aromatic N) is 1. The zero-order chi connectivity index (χ0) is 14.1. The molecular weight excluding hydrogens is 256 g/mol. The minimum atomic E-state index is -0.315. The molecule has 0 aromatic heterocycles. The predicted molar refractivity (Wildman–Crippen MR) is 73.5 cm³/mol. The summed E-state index contributed by atoms with van der Waals surface area (Å²) in [6.45, 7) is 1.80. The molecule has 0 spiro atoms. The zero-order valence-electron chi connectivity index (χ0n) is 11.3. The molecule has 3 rings (SSSR count). The van der Waals surface area contributed by atoms with E-state index in [-0.39, 0.29) is 17.7 Å². The van der Waals surface area contributed by atoms with Crippen LogP contribution in [0.5, 0.6) is 5.75 Å². The molecule has 1 fully saturated rings. The molecular formula is C15H18N2O3. The zero-order valence-corrected chi connectivity index (χ0v) is 11.3. The number of fused-ring (bicyclic) bond motifs is 1. The minimum Gasteiger partial charge on any atom is -0.493 e. The maximum atomic E-state index is 12.5. The van der Waals surface area contributed by atoms with Gasteiger partial charge in [0.05, 0.1) is 12.5 Å². The highest BCUT2D eigenvalue weighted by Crippen LogP contribution is 2.27. The number of hydrogen-bond acceptors (Lipinski definition) is 3. The van der Waals surface area contributed by atoms with Gasteiger partial charge in [0, 0.05) is 25.1 Å². The van der Waals surface area contributed by atoms with E-state index in [2.05, 4.69) is 0 Å². The van der Waals surface area contributed by atoms with Crippen LogP contribution in [0.1, 0.15) is 28.8 Å². The second-order valence-corrected chi connectivity index (χ2v) is 5.41. The van der Waals surface area contributed by atoms with Crippen LogP contribution < -0.4 is 10.5 Å². The van der Waals surface area contributed by atoms with E-state index in [0.717, 1.165) is 30.6 Å². The lowest BCUT2D eigenvalue weighted by Crippen LogP contribution is -2.44. The smallest absolute Gasteiger partial charge is 0.253 e. The van der Waals surface area contributed by atoms with Crippen molar-refractivity contribution < 1.29 is 14.3 Å². The van der Waals surface area contributed by atoms with Crippen molar-refractivity contribution in [2.24, 2.45) is 11.7 Å². The molecule has 1 unspecified atom stereocenters. The first-order valence-corrected chi connectivity index (χ1v) is 6.99. The summed E-state index contributed by atoms with van der Waals surface area (Å²) in [7, 11) is 0. The molecule has 0 radical (unpaired) electrons. The number of benzene rings is 1. The lowest BCUT2D eigenvalue weighted by molar-refractivity contribution is -0.123. The maximum Gasteiger partial charge on any atom is 0.253 e. The molecule has 2 amide bonds. The summed E-state index contributed by atoms with van der Waals surface area (Å²) in [4.78, 5) is 25.5. The van der Waals surface area contributed by atoms with Gasteiger partial charge in [-0.1, -0.05) is 0 Å². The lowest BCUT2D eigenvalue weighted by Gasteiger charge is -2.31. The number of carbonyl (C=O) groups is 2. The van der Waals surface area contributed by atoms with Gasteiger partial charge in [0.2, 0.25) is 5.91 Å². The molecule has 20 heavy (non-hydrogen) atoms. The molecule has 5 nitrogen and oxygen atoms in total. The highest BCUT2D eigenvalue weighted by molar-refractivity contribution is 5.95. The topological polar surface area (TPSA) is 72.6 Å². The standard InChI is InChI=1S/C15H18N2O3/c16-14(18)12-2-1-6-17(9-12)15(19)11-3-4-13-10(8-11)5-7-20-13/h3-4,8,12H,1-2,5-7,9H2,(H2,16,18). The van der Waals surface area contributed by atoms with Gasteiger partial charge >= 0.3 is 0 Å². The molecule has 1 aromatic rings.